The first kappa shape index (κ1) is 16.4. The van der Waals surface area contributed by atoms with Crippen molar-refractivity contribution in [2.24, 2.45) is 0 Å². The van der Waals surface area contributed by atoms with Crippen LogP contribution in [0.25, 0.3) is 0 Å². The minimum Gasteiger partial charge on any atom is -0.342 e. The Morgan fingerprint density at radius 3 is 2.21 bits per heavy atom. The van der Waals surface area contributed by atoms with Gasteiger partial charge in [-0.15, -0.1) is 0 Å². The maximum absolute atomic E-state index is 12.0. The molecule has 0 aromatic heterocycles. The molecule has 0 spiro atoms. The van der Waals surface area contributed by atoms with E-state index in [-0.39, 0.29) is 12.5 Å². The molecule has 1 fully saturated rings. The molecule has 7 heteroatoms. The van der Waals surface area contributed by atoms with Gasteiger partial charge in [0.15, 0.2) is 0 Å². The molecule has 1 aliphatic heterocycles. The molecule has 0 N–H and O–H groups in total. The molecule has 0 aliphatic carbocycles. The third-order valence-electron chi connectivity index (χ3n) is 3.25. The van der Waals surface area contributed by atoms with Crippen LogP contribution in [0.15, 0.2) is 0 Å². The van der Waals surface area contributed by atoms with Crippen molar-refractivity contribution in [3.63, 3.8) is 0 Å². The van der Waals surface area contributed by atoms with Gasteiger partial charge in [0.1, 0.15) is 0 Å². The summed E-state index contributed by atoms with van der Waals surface area (Å²) in [5.41, 5.74) is 0. The summed E-state index contributed by atoms with van der Waals surface area (Å²) in [6, 6.07) is 0. The van der Waals surface area contributed by atoms with E-state index in [0.717, 1.165) is 38.9 Å². The Morgan fingerprint density at radius 1 is 1.16 bits per heavy atom. The number of sulfonamides is 1. The lowest BCUT2D eigenvalue weighted by Gasteiger charge is -2.23. The molecule has 112 valence electrons. The van der Waals surface area contributed by atoms with E-state index in [1.165, 1.54) is 10.6 Å². The number of hydrogen-bond acceptors (Lipinski definition) is 4. The molecule has 0 radical (unpaired) electrons. The highest BCUT2D eigenvalue weighted by Gasteiger charge is 2.24. The topological polar surface area (TPSA) is 60.9 Å². The van der Waals surface area contributed by atoms with Crippen LogP contribution in [0.3, 0.4) is 0 Å². The van der Waals surface area contributed by atoms with Gasteiger partial charge in [-0.25, -0.2) is 8.42 Å². The van der Waals surface area contributed by atoms with E-state index in [4.69, 9.17) is 0 Å². The number of hydrogen-bond donors (Lipinski definition) is 0. The molecule has 0 unspecified atom stereocenters. The van der Waals surface area contributed by atoms with Gasteiger partial charge in [0.2, 0.25) is 15.9 Å². The lowest BCUT2D eigenvalue weighted by Crippen LogP contribution is -2.42. The monoisotopic (exact) mass is 291 g/mol. The Hall–Kier alpha value is -0.660. The maximum Gasteiger partial charge on any atom is 0.237 e. The summed E-state index contributed by atoms with van der Waals surface area (Å²) in [4.78, 5) is 15.8. The van der Waals surface area contributed by atoms with Crippen molar-refractivity contribution in [3.8, 4) is 0 Å². The molecule has 1 heterocycles. The number of amides is 1. The van der Waals surface area contributed by atoms with E-state index in [1.807, 2.05) is 19.0 Å². The summed E-state index contributed by atoms with van der Waals surface area (Å²) in [7, 11) is 0.569. The molecule has 1 saturated heterocycles. The standard InChI is InChI=1S/C12H25N3O3S/c1-13(2)7-6-10-15(19(3,17)18)11-12(16)14-8-4-5-9-14/h4-11H2,1-3H3. The highest BCUT2D eigenvalue weighted by molar-refractivity contribution is 7.88. The van der Waals surface area contributed by atoms with Crippen LogP contribution >= 0.6 is 0 Å². The van der Waals surface area contributed by atoms with Crippen LogP contribution < -0.4 is 0 Å². The molecule has 0 saturated carbocycles. The van der Waals surface area contributed by atoms with Gasteiger partial charge >= 0.3 is 0 Å². The normalized spacial score (nSPS) is 16.6. The zero-order chi connectivity index (χ0) is 14.5. The fourth-order valence-corrected chi connectivity index (χ4v) is 2.95. The van der Waals surface area contributed by atoms with Gasteiger partial charge in [0.05, 0.1) is 12.8 Å². The summed E-state index contributed by atoms with van der Waals surface area (Å²) in [5, 5.41) is 0. The highest BCUT2D eigenvalue weighted by Crippen LogP contribution is 2.09. The van der Waals surface area contributed by atoms with Crippen molar-refractivity contribution < 1.29 is 13.2 Å². The van der Waals surface area contributed by atoms with Crippen LogP contribution in [0.4, 0.5) is 0 Å². The Bertz CT molecular complexity index is 389. The van der Waals surface area contributed by atoms with E-state index in [2.05, 4.69) is 0 Å². The summed E-state index contributed by atoms with van der Waals surface area (Å²) >= 11 is 0. The smallest absolute Gasteiger partial charge is 0.237 e. The van der Waals surface area contributed by atoms with Gasteiger partial charge in [0, 0.05) is 19.6 Å². The summed E-state index contributed by atoms with van der Waals surface area (Å²) < 4.78 is 24.7. The molecule has 1 rings (SSSR count). The van der Waals surface area contributed by atoms with Gasteiger partial charge in [-0.3, -0.25) is 4.79 Å². The van der Waals surface area contributed by atoms with E-state index >= 15 is 0 Å². The predicted octanol–water partition coefficient (Wildman–Crippen LogP) is -0.178. The van der Waals surface area contributed by atoms with Crippen molar-refractivity contribution in [2.75, 3.05) is 53.1 Å². The maximum atomic E-state index is 12.0. The Morgan fingerprint density at radius 2 is 1.74 bits per heavy atom. The Balaban J connectivity index is 2.52. The fourth-order valence-electron chi connectivity index (χ4n) is 2.14. The largest absolute Gasteiger partial charge is 0.342 e. The first-order valence-corrected chi connectivity index (χ1v) is 8.53. The van der Waals surface area contributed by atoms with Crippen molar-refractivity contribution >= 4 is 15.9 Å². The Kier molecular flexibility index (Phi) is 6.22. The molecule has 1 aliphatic rings. The van der Waals surface area contributed by atoms with E-state index < -0.39 is 10.0 Å². The average molecular weight is 291 g/mol. The second-order valence-corrected chi connectivity index (χ2v) is 7.32. The van der Waals surface area contributed by atoms with Crippen LogP contribution in [-0.4, -0.2) is 81.5 Å². The minimum absolute atomic E-state index is 0.0216. The number of carbonyl (C=O) groups excluding carboxylic acids is 1. The van der Waals surface area contributed by atoms with E-state index in [1.54, 1.807) is 4.90 Å². The lowest BCUT2D eigenvalue weighted by molar-refractivity contribution is -0.130. The van der Waals surface area contributed by atoms with Gasteiger partial charge in [-0.05, 0) is 39.9 Å². The molecule has 0 aromatic carbocycles. The number of nitrogens with zero attached hydrogens (tertiary/aromatic N) is 3. The van der Waals surface area contributed by atoms with E-state index in [9.17, 15) is 13.2 Å². The lowest BCUT2D eigenvalue weighted by atomic mass is 10.4. The minimum atomic E-state index is -3.32. The van der Waals surface area contributed by atoms with Crippen molar-refractivity contribution in [1.29, 1.82) is 0 Å². The van der Waals surface area contributed by atoms with Crippen molar-refractivity contribution in [3.05, 3.63) is 0 Å². The molecular weight excluding hydrogens is 266 g/mol. The van der Waals surface area contributed by atoms with Gasteiger partial charge in [-0.1, -0.05) is 0 Å². The fraction of sp³-hybridized carbons (Fsp3) is 0.917. The molecule has 0 atom stereocenters. The first-order valence-electron chi connectivity index (χ1n) is 6.68. The van der Waals surface area contributed by atoms with Crippen LogP contribution in [0, 0.1) is 0 Å². The van der Waals surface area contributed by atoms with Crippen LogP contribution in [0.5, 0.6) is 0 Å². The summed E-state index contributed by atoms with van der Waals surface area (Å²) in [5.74, 6) is -0.0761. The van der Waals surface area contributed by atoms with Crippen molar-refractivity contribution in [1.82, 2.24) is 14.1 Å². The summed E-state index contributed by atoms with van der Waals surface area (Å²) in [6.07, 6.45) is 3.93. The van der Waals surface area contributed by atoms with Gasteiger partial charge in [0.25, 0.3) is 0 Å². The molecule has 0 aromatic rings. The quantitative estimate of drug-likeness (QED) is 0.653. The van der Waals surface area contributed by atoms with Gasteiger partial charge < -0.3 is 9.80 Å². The Labute approximate surface area is 116 Å². The zero-order valence-electron chi connectivity index (χ0n) is 12.1. The number of likely N-dealkylation sites (tertiary alicyclic amines) is 1. The third-order valence-corrected chi connectivity index (χ3v) is 4.50. The molecule has 0 bridgehead atoms. The predicted molar refractivity (Wildman–Crippen MR) is 75.4 cm³/mol. The zero-order valence-corrected chi connectivity index (χ0v) is 12.9. The molecule has 6 nitrogen and oxygen atoms in total. The third kappa shape index (κ3) is 5.88. The van der Waals surface area contributed by atoms with Crippen LogP contribution in [-0.2, 0) is 14.8 Å². The van der Waals surface area contributed by atoms with Gasteiger partial charge in [-0.2, -0.15) is 4.31 Å². The average Bonchev–Trinajstić information content (AvgIpc) is 2.79. The SMILES string of the molecule is CN(C)CCCN(CC(=O)N1CCCC1)S(C)(=O)=O. The number of carbonyl (C=O) groups is 1. The highest BCUT2D eigenvalue weighted by atomic mass is 32.2. The van der Waals surface area contributed by atoms with E-state index in [0.29, 0.717) is 6.54 Å². The molecular formula is C12H25N3O3S. The number of rotatable bonds is 7. The van der Waals surface area contributed by atoms with Crippen LogP contribution in [0.1, 0.15) is 19.3 Å². The van der Waals surface area contributed by atoms with Crippen LogP contribution in [0.2, 0.25) is 0 Å². The second-order valence-electron chi connectivity index (χ2n) is 5.34. The van der Waals surface area contributed by atoms with Crippen molar-refractivity contribution in [2.45, 2.75) is 19.3 Å². The molecule has 19 heavy (non-hydrogen) atoms. The first-order chi connectivity index (χ1) is 8.80. The second kappa shape index (κ2) is 7.21. The molecule has 1 amide bonds. The summed E-state index contributed by atoms with van der Waals surface area (Å²) in [6.45, 7) is 2.70.